The largest absolute Gasteiger partial charge is 0.347 e. The van der Waals surface area contributed by atoms with Crippen LogP contribution in [0.15, 0.2) is 30.5 Å². The molecule has 4 heteroatoms. The summed E-state index contributed by atoms with van der Waals surface area (Å²) in [5.41, 5.74) is 2.33. The van der Waals surface area contributed by atoms with Gasteiger partial charge < -0.3 is 9.47 Å². The fraction of sp³-hybridized carbons (Fsp3) is 0.550. The number of hydrogen-bond acceptors (Lipinski definition) is 4. The predicted molar refractivity (Wildman–Crippen MR) is 99.2 cm³/mol. The van der Waals surface area contributed by atoms with E-state index in [9.17, 15) is 0 Å². The molecule has 1 fully saturated rings. The van der Waals surface area contributed by atoms with Gasteiger partial charge in [0.25, 0.3) is 0 Å². The number of thiophene rings is 1. The molecule has 3 heterocycles. The molecule has 1 aliphatic heterocycles. The van der Waals surface area contributed by atoms with E-state index in [0.717, 1.165) is 36.6 Å². The van der Waals surface area contributed by atoms with Gasteiger partial charge >= 0.3 is 0 Å². The van der Waals surface area contributed by atoms with Gasteiger partial charge in [-0.05, 0) is 31.0 Å². The molecule has 3 nitrogen and oxygen atoms in total. The normalized spacial score (nSPS) is 21.1. The number of hydrogen-bond donors (Lipinski definition) is 0. The number of pyridine rings is 1. The lowest BCUT2D eigenvalue weighted by Gasteiger charge is -2.28. The number of aryl methyl sites for hydroxylation is 1. The third kappa shape index (κ3) is 4.44. The molecule has 2 aromatic rings. The van der Waals surface area contributed by atoms with Gasteiger partial charge in [0.2, 0.25) is 0 Å². The maximum atomic E-state index is 5.95. The summed E-state index contributed by atoms with van der Waals surface area (Å²) in [5, 5.41) is 0. The first-order valence-electron chi connectivity index (χ1n) is 9.08. The lowest BCUT2D eigenvalue weighted by atomic mass is 10.0. The van der Waals surface area contributed by atoms with E-state index in [2.05, 4.69) is 43.1 Å². The van der Waals surface area contributed by atoms with Crippen LogP contribution in [0.25, 0.3) is 10.4 Å². The van der Waals surface area contributed by atoms with Crippen LogP contribution in [0.5, 0.6) is 0 Å². The van der Waals surface area contributed by atoms with Crippen molar-refractivity contribution in [2.24, 2.45) is 5.92 Å². The summed E-state index contributed by atoms with van der Waals surface area (Å²) in [4.78, 5) is 6.92. The monoisotopic (exact) mass is 345 g/mol. The van der Waals surface area contributed by atoms with Crippen LogP contribution in [0.3, 0.4) is 0 Å². The van der Waals surface area contributed by atoms with E-state index in [4.69, 9.17) is 9.47 Å². The van der Waals surface area contributed by atoms with E-state index in [-0.39, 0.29) is 6.29 Å². The Morgan fingerprint density at radius 2 is 1.92 bits per heavy atom. The van der Waals surface area contributed by atoms with Gasteiger partial charge in [0, 0.05) is 28.2 Å². The smallest absolute Gasteiger partial charge is 0.193 e. The van der Waals surface area contributed by atoms with Crippen molar-refractivity contribution in [3.63, 3.8) is 0 Å². The van der Waals surface area contributed by atoms with Gasteiger partial charge in [-0.2, -0.15) is 0 Å². The van der Waals surface area contributed by atoms with Gasteiger partial charge in [0.15, 0.2) is 6.29 Å². The number of ether oxygens (including phenoxy) is 2. The Hall–Kier alpha value is -1.23. The first-order valence-corrected chi connectivity index (χ1v) is 9.90. The molecule has 0 atom stereocenters. The number of aromatic nitrogens is 1. The van der Waals surface area contributed by atoms with Crippen LogP contribution in [-0.2, 0) is 15.9 Å². The lowest BCUT2D eigenvalue weighted by molar-refractivity contribution is -0.204. The minimum atomic E-state index is -0.200. The molecule has 3 rings (SSSR count). The van der Waals surface area contributed by atoms with Gasteiger partial charge in [-0.3, -0.25) is 4.98 Å². The predicted octanol–water partition coefficient (Wildman–Crippen LogP) is 5.61. The molecule has 24 heavy (non-hydrogen) atoms. The molecule has 0 N–H and O–H groups in total. The molecular weight excluding hydrogens is 318 g/mol. The van der Waals surface area contributed by atoms with E-state index in [1.54, 1.807) is 11.3 Å². The molecule has 1 aliphatic rings. The Kier molecular flexibility index (Phi) is 6.41. The average molecular weight is 346 g/mol. The van der Waals surface area contributed by atoms with Crippen molar-refractivity contribution in [2.45, 2.75) is 52.2 Å². The van der Waals surface area contributed by atoms with Gasteiger partial charge in [-0.15, -0.1) is 11.3 Å². The molecule has 1 saturated heterocycles. The van der Waals surface area contributed by atoms with E-state index < -0.39 is 0 Å². The fourth-order valence-electron chi connectivity index (χ4n) is 2.98. The van der Waals surface area contributed by atoms with E-state index >= 15 is 0 Å². The van der Waals surface area contributed by atoms with Crippen molar-refractivity contribution < 1.29 is 9.47 Å². The van der Waals surface area contributed by atoms with E-state index in [0.29, 0.717) is 5.92 Å². The molecule has 0 spiro atoms. The molecule has 0 aliphatic carbocycles. The third-order valence-corrected chi connectivity index (χ3v) is 5.56. The zero-order valence-corrected chi connectivity index (χ0v) is 15.5. The highest BCUT2D eigenvalue weighted by molar-refractivity contribution is 7.15. The number of nitrogens with zero attached hydrogens (tertiary/aromatic N) is 1. The summed E-state index contributed by atoms with van der Waals surface area (Å²) < 4.78 is 11.9. The molecule has 0 aromatic carbocycles. The Morgan fingerprint density at radius 1 is 1.08 bits per heavy atom. The standard InChI is InChI=1S/C20H27NO2S/c1-3-5-7-15-13-22-20(23-14-15)19-11-10-18(24-19)16-8-9-17(6-4-2)21-12-16/h8-12,15,20H,3-7,13-14H2,1-2H3/t15-,20-. The molecule has 0 amide bonds. The van der Waals surface area contributed by atoms with Crippen molar-refractivity contribution in [1.29, 1.82) is 0 Å². The summed E-state index contributed by atoms with van der Waals surface area (Å²) in [6.45, 7) is 6.03. The molecular formula is C20H27NO2S. The van der Waals surface area contributed by atoms with Crippen molar-refractivity contribution >= 4 is 11.3 Å². The van der Waals surface area contributed by atoms with E-state index in [1.807, 2.05) is 6.20 Å². The zero-order chi connectivity index (χ0) is 16.8. The Bertz CT molecular complexity index is 615. The van der Waals surface area contributed by atoms with Gasteiger partial charge in [-0.1, -0.05) is 39.2 Å². The van der Waals surface area contributed by atoms with Gasteiger partial charge in [-0.25, -0.2) is 0 Å². The van der Waals surface area contributed by atoms with Gasteiger partial charge in [0.05, 0.1) is 18.1 Å². The van der Waals surface area contributed by atoms with Crippen LogP contribution in [0.2, 0.25) is 0 Å². The average Bonchev–Trinajstić information content (AvgIpc) is 3.11. The Morgan fingerprint density at radius 3 is 2.58 bits per heavy atom. The maximum absolute atomic E-state index is 5.95. The molecule has 2 aromatic heterocycles. The first-order chi connectivity index (χ1) is 11.8. The zero-order valence-electron chi connectivity index (χ0n) is 14.7. The van der Waals surface area contributed by atoms with Crippen LogP contribution >= 0.6 is 11.3 Å². The van der Waals surface area contributed by atoms with Crippen LogP contribution in [0, 0.1) is 5.92 Å². The van der Waals surface area contributed by atoms with Gasteiger partial charge in [0.1, 0.15) is 0 Å². The second-order valence-corrected chi connectivity index (χ2v) is 7.61. The topological polar surface area (TPSA) is 31.4 Å². The van der Waals surface area contributed by atoms with Crippen LogP contribution in [0.1, 0.15) is 56.4 Å². The fourth-order valence-corrected chi connectivity index (χ4v) is 3.97. The van der Waals surface area contributed by atoms with Crippen LogP contribution < -0.4 is 0 Å². The molecule has 0 unspecified atom stereocenters. The molecule has 0 saturated carbocycles. The second kappa shape index (κ2) is 8.75. The Labute approximate surface area is 149 Å². The van der Waals surface area contributed by atoms with Crippen molar-refractivity contribution in [3.8, 4) is 10.4 Å². The minimum Gasteiger partial charge on any atom is -0.347 e. The number of unbranched alkanes of at least 4 members (excludes halogenated alkanes) is 1. The quantitative estimate of drug-likeness (QED) is 0.653. The maximum Gasteiger partial charge on any atom is 0.193 e. The van der Waals surface area contributed by atoms with Crippen molar-refractivity contribution in [2.75, 3.05) is 13.2 Å². The highest BCUT2D eigenvalue weighted by atomic mass is 32.1. The summed E-state index contributed by atoms with van der Waals surface area (Å²) in [6.07, 6.45) is 7.64. The van der Waals surface area contributed by atoms with Crippen molar-refractivity contribution in [3.05, 3.63) is 41.0 Å². The first kappa shape index (κ1) is 17.6. The molecule has 130 valence electrons. The van der Waals surface area contributed by atoms with Crippen molar-refractivity contribution in [1.82, 2.24) is 4.98 Å². The van der Waals surface area contributed by atoms with Crippen LogP contribution in [-0.4, -0.2) is 18.2 Å². The summed E-state index contributed by atoms with van der Waals surface area (Å²) in [6, 6.07) is 8.56. The lowest BCUT2D eigenvalue weighted by Crippen LogP contribution is -2.26. The molecule has 0 bridgehead atoms. The third-order valence-electron chi connectivity index (χ3n) is 4.41. The molecule has 0 radical (unpaired) electrons. The highest BCUT2D eigenvalue weighted by Gasteiger charge is 2.24. The number of rotatable bonds is 7. The minimum absolute atomic E-state index is 0.200. The second-order valence-electron chi connectivity index (χ2n) is 6.50. The van der Waals surface area contributed by atoms with E-state index in [1.165, 1.54) is 29.7 Å². The van der Waals surface area contributed by atoms with Crippen LogP contribution in [0.4, 0.5) is 0 Å². The SMILES string of the molecule is CCCC[C@H]1CO[C@H](c2ccc(-c3ccc(CCC)nc3)s2)OC1. The summed E-state index contributed by atoms with van der Waals surface area (Å²) in [7, 11) is 0. The Balaban J connectivity index is 1.59. The summed E-state index contributed by atoms with van der Waals surface area (Å²) in [5.74, 6) is 0.552. The highest BCUT2D eigenvalue weighted by Crippen LogP contribution is 2.35. The summed E-state index contributed by atoms with van der Waals surface area (Å²) >= 11 is 1.74.